The molecule has 68 valence electrons. The molecule has 1 heterocycles. The number of rotatable bonds is 5. The predicted molar refractivity (Wildman–Crippen MR) is 52.2 cm³/mol. The summed E-state index contributed by atoms with van der Waals surface area (Å²) in [5, 5.41) is 0. The number of hydrogen-bond donors (Lipinski definition) is 0. The van der Waals surface area contributed by atoms with Gasteiger partial charge in [-0.2, -0.15) is 0 Å². The maximum Gasteiger partial charge on any atom is 0.107 e. The summed E-state index contributed by atoms with van der Waals surface area (Å²) in [4.78, 5) is 4.20. The first-order valence-corrected chi connectivity index (χ1v) is 4.34. The van der Waals surface area contributed by atoms with E-state index in [1.54, 1.807) is 6.20 Å². The van der Waals surface area contributed by atoms with Crippen molar-refractivity contribution in [3.63, 3.8) is 0 Å². The third kappa shape index (κ3) is 4.29. The summed E-state index contributed by atoms with van der Waals surface area (Å²) in [6, 6.07) is 5.92. The van der Waals surface area contributed by atoms with Crippen LogP contribution in [0.25, 0.3) is 0 Å². The van der Waals surface area contributed by atoms with Crippen LogP contribution in [0.3, 0.4) is 0 Å². The van der Waals surface area contributed by atoms with Crippen molar-refractivity contribution in [3.05, 3.63) is 30.1 Å². The third-order valence-electron chi connectivity index (χ3n) is 1.63. The Morgan fingerprint density at radius 1 is 1.46 bits per heavy atom. The fourth-order valence-electron chi connectivity index (χ4n) is 1.03. The molecule has 13 heavy (non-hydrogen) atoms. The highest BCUT2D eigenvalue weighted by molar-refractivity contribution is 5.03. The van der Waals surface area contributed by atoms with E-state index in [9.17, 15) is 0 Å². The second kappa shape index (κ2) is 6.22. The van der Waals surface area contributed by atoms with Crippen molar-refractivity contribution in [2.45, 2.75) is 12.8 Å². The lowest BCUT2D eigenvalue weighted by molar-refractivity contribution is 0.164. The Labute approximate surface area is 79.0 Å². The second-order valence-electron chi connectivity index (χ2n) is 2.68. The molecular weight excluding hydrogens is 162 g/mol. The van der Waals surface area contributed by atoms with Crippen LogP contribution >= 0.6 is 0 Å². The Kier molecular flexibility index (Phi) is 4.66. The molecule has 0 bridgehead atoms. The lowest BCUT2D eigenvalue weighted by Gasteiger charge is -1.99. The van der Waals surface area contributed by atoms with Crippen molar-refractivity contribution in [3.8, 4) is 12.3 Å². The van der Waals surface area contributed by atoms with E-state index in [1.165, 1.54) is 0 Å². The van der Waals surface area contributed by atoms with Crippen LogP contribution < -0.4 is 0 Å². The number of nitrogens with zero attached hydrogens (tertiary/aromatic N) is 1. The van der Waals surface area contributed by atoms with Gasteiger partial charge in [0.15, 0.2) is 0 Å². The number of hydrogen-bond acceptors (Lipinski definition) is 2. The van der Waals surface area contributed by atoms with Gasteiger partial charge >= 0.3 is 0 Å². The van der Waals surface area contributed by atoms with Crippen molar-refractivity contribution >= 4 is 0 Å². The maximum atomic E-state index is 5.14. The average molecular weight is 175 g/mol. The van der Waals surface area contributed by atoms with E-state index in [-0.39, 0.29) is 0 Å². The number of terminal acetylenes is 1. The monoisotopic (exact) mass is 175 g/mol. The van der Waals surface area contributed by atoms with Crippen LogP contribution in [0.1, 0.15) is 12.1 Å². The third-order valence-corrected chi connectivity index (χ3v) is 1.63. The molecule has 0 aromatic carbocycles. The number of ether oxygens (including phenoxy) is 1. The van der Waals surface area contributed by atoms with Crippen LogP contribution in [0, 0.1) is 12.3 Å². The van der Waals surface area contributed by atoms with E-state index in [1.807, 2.05) is 18.2 Å². The van der Waals surface area contributed by atoms with Crippen LogP contribution in [0.2, 0.25) is 0 Å². The molecule has 0 saturated carbocycles. The standard InChI is InChI=1S/C11H13NO/c1-2-9-13-10-5-7-11-6-3-4-8-12-11/h1,3-4,6,8H,5,7,9-10H2. The molecule has 0 atom stereocenters. The molecule has 1 rings (SSSR count). The largest absolute Gasteiger partial charge is 0.369 e. The lowest BCUT2D eigenvalue weighted by Crippen LogP contribution is -1.97. The second-order valence-corrected chi connectivity index (χ2v) is 2.68. The predicted octanol–water partition coefficient (Wildman–Crippen LogP) is 1.66. The molecule has 0 unspecified atom stereocenters. The van der Waals surface area contributed by atoms with Crippen LogP contribution in [0.4, 0.5) is 0 Å². The van der Waals surface area contributed by atoms with Gasteiger partial charge in [-0.05, 0) is 25.0 Å². The summed E-state index contributed by atoms with van der Waals surface area (Å²) in [6.45, 7) is 1.11. The molecule has 0 fully saturated rings. The average Bonchev–Trinajstić information content (AvgIpc) is 2.19. The van der Waals surface area contributed by atoms with E-state index in [2.05, 4.69) is 10.9 Å². The van der Waals surface area contributed by atoms with E-state index >= 15 is 0 Å². The molecule has 0 amide bonds. The molecule has 0 radical (unpaired) electrons. The Balaban J connectivity index is 2.11. The van der Waals surface area contributed by atoms with Gasteiger partial charge in [-0.3, -0.25) is 4.98 Å². The van der Waals surface area contributed by atoms with E-state index in [0.717, 1.165) is 18.5 Å². The van der Waals surface area contributed by atoms with Crippen LogP contribution in [0.5, 0.6) is 0 Å². The van der Waals surface area contributed by atoms with Crippen molar-refractivity contribution in [2.75, 3.05) is 13.2 Å². The van der Waals surface area contributed by atoms with E-state index in [4.69, 9.17) is 11.2 Å². The van der Waals surface area contributed by atoms with Gasteiger partial charge in [0.1, 0.15) is 6.61 Å². The van der Waals surface area contributed by atoms with Gasteiger partial charge in [0.05, 0.1) is 0 Å². The van der Waals surface area contributed by atoms with Gasteiger partial charge in [0.25, 0.3) is 0 Å². The first-order chi connectivity index (χ1) is 6.43. The maximum absolute atomic E-state index is 5.14. The highest BCUT2D eigenvalue weighted by atomic mass is 16.5. The molecular formula is C11H13NO. The minimum absolute atomic E-state index is 0.405. The molecule has 0 aliphatic carbocycles. The summed E-state index contributed by atoms with van der Waals surface area (Å²) >= 11 is 0. The topological polar surface area (TPSA) is 22.1 Å². The van der Waals surface area contributed by atoms with Gasteiger partial charge in [-0.25, -0.2) is 0 Å². The molecule has 0 aliphatic heterocycles. The Bertz CT molecular complexity index is 263. The lowest BCUT2D eigenvalue weighted by atomic mass is 10.2. The van der Waals surface area contributed by atoms with Crippen molar-refractivity contribution in [2.24, 2.45) is 0 Å². The number of aryl methyl sites for hydroxylation is 1. The van der Waals surface area contributed by atoms with Gasteiger partial charge in [0, 0.05) is 18.5 Å². The van der Waals surface area contributed by atoms with Crippen molar-refractivity contribution in [1.29, 1.82) is 0 Å². The van der Waals surface area contributed by atoms with Crippen molar-refractivity contribution < 1.29 is 4.74 Å². The molecule has 1 aromatic rings. The molecule has 0 N–H and O–H groups in total. The fraction of sp³-hybridized carbons (Fsp3) is 0.364. The zero-order valence-electron chi connectivity index (χ0n) is 7.57. The highest BCUT2D eigenvalue weighted by Crippen LogP contribution is 1.97. The van der Waals surface area contributed by atoms with Crippen LogP contribution in [-0.4, -0.2) is 18.2 Å². The summed E-state index contributed by atoms with van der Waals surface area (Å²) < 4.78 is 5.14. The SMILES string of the molecule is C#CCOCCCc1ccccn1. The Hall–Kier alpha value is -1.33. The number of pyridine rings is 1. The van der Waals surface area contributed by atoms with E-state index in [0.29, 0.717) is 13.2 Å². The smallest absolute Gasteiger partial charge is 0.107 e. The summed E-state index contributed by atoms with van der Waals surface area (Å²) in [6.07, 6.45) is 8.76. The summed E-state index contributed by atoms with van der Waals surface area (Å²) in [7, 11) is 0. The zero-order valence-corrected chi connectivity index (χ0v) is 7.57. The normalized spacial score (nSPS) is 9.46. The van der Waals surface area contributed by atoms with Crippen LogP contribution in [-0.2, 0) is 11.2 Å². The summed E-state index contributed by atoms with van der Waals surface area (Å²) in [5.74, 6) is 2.43. The molecule has 2 heteroatoms. The first kappa shape index (κ1) is 9.76. The van der Waals surface area contributed by atoms with Gasteiger partial charge in [0.2, 0.25) is 0 Å². The molecule has 0 aliphatic rings. The number of aromatic nitrogens is 1. The summed E-state index contributed by atoms with van der Waals surface area (Å²) in [5.41, 5.74) is 1.10. The Morgan fingerprint density at radius 2 is 2.38 bits per heavy atom. The van der Waals surface area contributed by atoms with Gasteiger partial charge in [-0.1, -0.05) is 12.0 Å². The highest BCUT2D eigenvalue weighted by Gasteiger charge is 1.92. The molecule has 2 nitrogen and oxygen atoms in total. The van der Waals surface area contributed by atoms with Crippen LogP contribution in [0.15, 0.2) is 24.4 Å². The molecule has 0 saturated heterocycles. The Morgan fingerprint density at radius 3 is 3.08 bits per heavy atom. The van der Waals surface area contributed by atoms with Gasteiger partial charge < -0.3 is 4.74 Å². The fourth-order valence-corrected chi connectivity index (χ4v) is 1.03. The molecule has 1 aromatic heterocycles. The molecule has 0 spiro atoms. The minimum atomic E-state index is 0.405. The van der Waals surface area contributed by atoms with E-state index < -0.39 is 0 Å². The van der Waals surface area contributed by atoms with Crippen molar-refractivity contribution in [1.82, 2.24) is 4.98 Å². The minimum Gasteiger partial charge on any atom is -0.369 e. The van der Waals surface area contributed by atoms with Gasteiger partial charge in [-0.15, -0.1) is 6.42 Å². The quantitative estimate of drug-likeness (QED) is 0.501. The first-order valence-electron chi connectivity index (χ1n) is 4.34. The zero-order chi connectivity index (χ0) is 9.36.